The Balaban J connectivity index is 2.31. The SMILES string of the molecule is CCCCCCC(CCCCCC)OC(=O)CCCCCCCCC(CCCCCCCCC(=O)OC(CCCC)CCCCC)NCCCN1CCN(C)CC1. The molecule has 0 aromatic carbocycles. The summed E-state index contributed by atoms with van der Waals surface area (Å²) >= 11 is 0. The van der Waals surface area contributed by atoms with Crippen LogP contribution in [0, 0.1) is 0 Å². The molecule has 1 aliphatic rings. The zero-order valence-corrected chi connectivity index (χ0v) is 39.0. The summed E-state index contributed by atoms with van der Waals surface area (Å²) in [6.07, 6.45) is 39.6. The van der Waals surface area contributed by atoms with Crippen molar-refractivity contribution < 1.29 is 19.1 Å². The largest absolute Gasteiger partial charge is 0.462 e. The van der Waals surface area contributed by atoms with Crippen LogP contribution in [-0.4, -0.2) is 86.3 Å². The molecule has 0 aliphatic carbocycles. The van der Waals surface area contributed by atoms with Gasteiger partial charge < -0.3 is 24.6 Å². The predicted octanol–water partition coefficient (Wildman–Crippen LogP) is 13.4. The average Bonchev–Trinajstić information content (AvgIpc) is 3.20. The minimum absolute atomic E-state index is 0.0270. The fraction of sp³-hybridized carbons (Fsp3) is 0.960. The summed E-state index contributed by atoms with van der Waals surface area (Å²) in [7, 11) is 2.23. The second-order valence-corrected chi connectivity index (χ2v) is 18.0. The number of ether oxygens (including phenoxy) is 2. The predicted molar refractivity (Wildman–Crippen MR) is 245 cm³/mol. The number of rotatable bonds is 42. The zero-order valence-electron chi connectivity index (χ0n) is 39.0. The van der Waals surface area contributed by atoms with Crippen molar-refractivity contribution in [1.82, 2.24) is 15.1 Å². The van der Waals surface area contributed by atoms with Crippen molar-refractivity contribution in [2.75, 3.05) is 46.3 Å². The minimum atomic E-state index is 0.0270. The molecule has 7 heteroatoms. The molecule has 1 N–H and O–H groups in total. The second-order valence-electron chi connectivity index (χ2n) is 18.0. The average molecular weight is 806 g/mol. The standard InChI is InChI=1S/C50H99N3O4/c1-6-10-14-27-36-48(37-28-15-11-7-2)57-50(55)39-30-23-19-17-21-26-33-46(51-40-31-41-53-44-42-52(5)43-45-53)32-25-20-16-18-22-29-38-49(54)56-47(34-13-9-4)35-24-12-8-3/h46-48,51H,6-45H2,1-5H3. The lowest BCUT2D eigenvalue weighted by molar-refractivity contribution is -0.151. The molecule has 338 valence electrons. The van der Waals surface area contributed by atoms with Gasteiger partial charge in [-0.2, -0.15) is 0 Å². The number of carbonyl (C=O) groups is 2. The van der Waals surface area contributed by atoms with Crippen molar-refractivity contribution in [3.63, 3.8) is 0 Å². The van der Waals surface area contributed by atoms with Crippen LogP contribution in [0.2, 0.25) is 0 Å². The van der Waals surface area contributed by atoms with E-state index in [2.05, 4.69) is 49.9 Å². The molecule has 0 bridgehead atoms. The molecule has 1 heterocycles. The molecule has 1 fully saturated rings. The molecular formula is C50H99N3O4. The number of esters is 2. The zero-order chi connectivity index (χ0) is 41.4. The van der Waals surface area contributed by atoms with E-state index in [1.807, 2.05) is 0 Å². The second kappa shape index (κ2) is 40.2. The van der Waals surface area contributed by atoms with Crippen molar-refractivity contribution in [2.24, 2.45) is 0 Å². The smallest absolute Gasteiger partial charge is 0.306 e. The van der Waals surface area contributed by atoms with Gasteiger partial charge in [-0.1, -0.05) is 156 Å². The summed E-state index contributed by atoms with van der Waals surface area (Å²) in [5.74, 6) is 0.0655. The number of piperazine rings is 1. The van der Waals surface area contributed by atoms with E-state index in [0.717, 1.165) is 70.8 Å². The van der Waals surface area contributed by atoms with Crippen LogP contribution in [0.1, 0.15) is 246 Å². The van der Waals surface area contributed by atoms with Crippen LogP contribution in [0.15, 0.2) is 0 Å². The van der Waals surface area contributed by atoms with E-state index < -0.39 is 0 Å². The normalized spacial score (nSPS) is 15.0. The van der Waals surface area contributed by atoms with Gasteiger partial charge in [0.1, 0.15) is 12.2 Å². The Morgan fingerprint density at radius 3 is 1.30 bits per heavy atom. The highest BCUT2D eigenvalue weighted by molar-refractivity contribution is 5.69. The van der Waals surface area contributed by atoms with E-state index in [0.29, 0.717) is 18.9 Å². The van der Waals surface area contributed by atoms with Gasteiger partial charge in [0.2, 0.25) is 0 Å². The molecule has 1 saturated heterocycles. The first-order chi connectivity index (χ1) is 27.9. The minimum Gasteiger partial charge on any atom is -0.462 e. The van der Waals surface area contributed by atoms with Gasteiger partial charge in [-0.3, -0.25) is 9.59 Å². The number of nitrogens with one attached hydrogen (secondary N) is 1. The van der Waals surface area contributed by atoms with Gasteiger partial charge in [0.05, 0.1) is 0 Å². The van der Waals surface area contributed by atoms with Crippen LogP contribution >= 0.6 is 0 Å². The van der Waals surface area contributed by atoms with E-state index in [4.69, 9.17) is 9.47 Å². The molecule has 2 atom stereocenters. The van der Waals surface area contributed by atoms with E-state index in [9.17, 15) is 9.59 Å². The van der Waals surface area contributed by atoms with Crippen molar-refractivity contribution in [2.45, 2.75) is 264 Å². The lowest BCUT2D eigenvalue weighted by atomic mass is 9.99. The number of likely N-dealkylation sites (N-methyl/N-ethyl adjacent to an activating group) is 1. The molecule has 0 amide bonds. The first-order valence-electron chi connectivity index (χ1n) is 25.4. The Morgan fingerprint density at radius 2 is 0.825 bits per heavy atom. The van der Waals surface area contributed by atoms with E-state index >= 15 is 0 Å². The highest BCUT2D eigenvalue weighted by Gasteiger charge is 2.16. The van der Waals surface area contributed by atoms with Crippen LogP contribution in [0.3, 0.4) is 0 Å². The van der Waals surface area contributed by atoms with Crippen LogP contribution in [0.25, 0.3) is 0 Å². The van der Waals surface area contributed by atoms with Gasteiger partial charge in [0.15, 0.2) is 0 Å². The number of unbranched alkanes of at least 4 members (excludes halogenated alkanes) is 19. The maximum atomic E-state index is 12.7. The number of hydrogen-bond acceptors (Lipinski definition) is 7. The van der Waals surface area contributed by atoms with Gasteiger partial charge in [0.25, 0.3) is 0 Å². The van der Waals surface area contributed by atoms with Crippen LogP contribution in [0.5, 0.6) is 0 Å². The molecule has 7 nitrogen and oxygen atoms in total. The summed E-state index contributed by atoms with van der Waals surface area (Å²) in [5, 5.41) is 3.97. The lowest BCUT2D eigenvalue weighted by Gasteiger charge is -2.32. The number of carbonyl (C=O) groups excluding carboxylic acids is 2. The molecule has 1 aliphatic heterocycles. The molecule has 0 aromatic heterocycles. The molecule has 1 rings (SSSR count). The number of hydrogen-bond donors (Lipinski definition) is 1. The van der Waals surface area contributed by atoms with Crippen molar-refractivity contribution in [1.29, 1.82) is 0 Å². The molecule has 2 unspecified atom stereocenters. The Hall–Kier alpha value is -1.18. The molecule has 0 aromatic rings. The highest BCUT2D eigenvalue weighted by atomic mass is 16.5. The molecule has 0 spiro atoms. The first kappa shape index (κ1) is 53.8. The summed E-state index contributed by atoms with van der Waals surface area (Å²) in [4.78, 5) is 30.3. The van der Waals surface area contributed by atoms with Crippen molar-refractivity contribution in [3.8, 4) is 0 Å². The van der Waals surface area contributed by atoms with E-state index in [1.165, 1.54) is 174 Å². The third kappa shape index (κ3) is 34.3. The van der Waals surface area contributed by atoms with Crippen LogP contribution < -0.4 is 5.32 Å². The lowest BCUT2D eigenvalue weighted by Crippen LogP contribution is -2.45. The van der Waals surface area contributed by atoms with Crippen molar-refractivity contribution >= 4 is 11.9 Å². The fourth-order valence-electron chi connectivity index (χ4n) is 8.43. The van der Waals surface area contributed by atoms with Gasteiger partial charge in [-0.15, -0.1) is 0 Å². The van der Waals surface area contributed by atoms with Crippen molar-refractivity contribution in [3.05, 3.63) is 0 Å². The molecule has 0 saturated carbocycles. The maximum Gasteiger partial charge on any atom is 0.306 e. The Kier molecular flexibility index (Phi) is 38.0. The van der Waals surface area contributed by atoms with Gasteiger partial charge in [-0.25, -0.2) is 0 Å². The first-order valence-corrected chi connectivity index (χ1v) is 25.4. The fourth-order valence-corrected chi connectivity index (χ4v) is 8.43. The molecule has 0 radical (unpaired) electrons. The van der Waals surface area contributed by atoms with Gasteiger partial charge >= 0.3 is 11.9 Å². The Bertz CT molecular complexity index is 868. The molecule has 57 heavy (non-hydrogen) atoms. The highest BCUT2D eigenvalue weighted by Crippen LogP contribution is 2.19. The third-order valence-electron chi connectivity index (χ3n) is 12.4. The molecular weight excluding hydrogens is 707 g/mol. The van der Waals surface area contributed by atoms with Gasteiger partial charge in [0, 0.05) is 45.1 Å². The third-order valence-corrected chi connectivity index (χ3v) is 12.4. The van der Waals surface area contributed by atoms with Crippen LogP contribution in [-0.2, 0) is 19.1 Å². The Morgan fingerprint density at radius 1 is 0.456 bits per heavy atom. The monoisotopic (exact) mass is 806 g/mol. The Labute approximate surface area is 355 Å². The van der Waals surface area contributed by atoms with Gasteiger partial charge in [-0.05, 0) is 97.2 Å². The quantitative estimate of drug-likeness (QED) is 0.0487. The van der Waals surface area contributed by atoms with E-state index in [1.54, 1.807) is 0 Å². The van der Waals surface area contributed by atoms with Crippen LogP contribution in [0.4, 0.5) is 0 Å². The van der Waals surface area contributed by atoms with E-state index in [-0.39, 0.29) is 24.1 Å². The maximum absolute atomic E-state index is 12.7. The summed E-state index contributed by atoms with van der Waals surface area (Å²) in [6, 6.07) is 0.622. The topological polar surface area (TPSA) is 71.1 Å². The number of nitrogens with zero attached hydrogens (tertiary/aromatic N) is 2. The summed E-state index contributed by atoms with van der Waals surface area (Å²) < 4.78 is 11.9. The summed E-state index contributed by atoms with van der Waals surface area (Å²) in [5.41, 5.74) is 0. The summed E-state index contributed by atoms with van der Waals surface area (Å²) in [6.45, 7) is 16.1.